The van der Waals surface area contributed by atoms with Crippen molar-refractivity contribution in [3.8, 4) is 0 Å². The molecule has 120 valence electrons. The molecule has 3 aliphatic rings. The second-order valence-electron chi connectivity index (χ2n) is 7.07. The van der Waals surface area contributed by atoms with Gasteiger partial charge in [-0.3, -0.25) is 9.69 Å². The molecule has 4 heteroatoms. The lowest BCUT2D eigenvalue weighted by Crippen LogP contribution is -2.55. The van der Waals surface area contributed by atoms with Crippen LogP contribution >= 0.6 is 0 Å². The van der Waals surface area contributed by atoms with Gasteiger partial charge >= 0.3 is 0 Å². The zero-order valence-electron chi connectivity index (χ0n) is 13.8. The van der Waals surface area contributed by atoms with Crippen molar-refractivity contribution in [2.45, 2.75) is 70.0 Å². The Hall–Kier alpha value is -0.610. The predicted molar refractivity (Wildman–Crippen MR) is 85.3 cm³/mol. The molecule has 0 aromatic heterocycles. The molecule has 0 radical (unpaired) electrons. The van der Waals surface area contributed by atoms with E-state index in [9.17, 15) is 4.79 Å². The number of carbonyl (C=O) groups excluding carboxylic acids is 1. The van der Waals surface area contributed by atoms with Gasteiger partial charge in [0.15, 0.2) is 0 Å². The number of likely N-dealkylation sites (N-methyl/N-ethyl adjacent to an activating group) is 2. The normalized spacial score (nSPS) is 35.5. The first-order valence-corrected chi connectivity index (χ1v) is 8.97. The van der Waals surface area contributed by atoms with Gasteiger partial charge in [-0.1, -0.05) is 13.3 Å². The van der Waals surface area contributed by atoms with Crippen LogP contribution in [0, 0.1) is 0 Å². The van der Waals surface area contributed by atoms with E-state index in [-0.39, 0.29) is 6.04 Å². The molecule has 21 heavy (non-hydrogen) atoms. The lowest BCUT2D eigenvalue weighted by Gasteiger charge is -2.40. The number of hydrogen-bond acceptors (Lipinski definition) is 3. The van der Waals surface area contributed by atoms with Crippen LogP contribution in [-0.2, 0) is 4.79 Å². The van der Waals surface area contributed by atoms with E-state index in [0.29, 0.717) is 18.0 Å². The molecule has 0 aliphatic carbocycles. The molecule has 4 nitrogen and oxygen atoms in total. The fraction of sp³-hybridized carbons (Fsp3) is 0.941. The van der Waals surface area contributed by atoms with Gasteiger partial charge in [-0.15, -0.1) is 0 Å². The van der Waals surface area contributed by atoms with Gasteiger partial charge in [-0.2, -0.15) is 0 Å². The van der Waals surface area contributed by atoms with E-state index in [4.69, 9.17) is 0 Å². The summed E-state index contributed by atoms with van der Waals surface area (Å²) in [6.45, 7) is 6.50. The fourth-order valence-electron chi connectivity index (χ4n) is 4.73. The third kappa shape index (κ3) is 2.98. The smallest absolute Gasteiger partial charge is 0.240 e. The maximum Gasteiger partial charge on any atom is 0.240 e. The molecular weight excluding hydrogens is 262 g/mol. The Balaban J connectivity index is 1.70. The number of piperidine rings is 1. The lowest BCUT2D eigenvalue weighted by molar-refractivity contribution is -0.140. The zero-order chi connectivity index (χ0) is 14.8. The van der Waals surface area contributed by atoms with Crippen molar-refractivity contribution in [1.29, 1.82) is 0 Å². The molecule has 3 aliphatic heterocycles. The summed E-state index contributed by atoms with van der Waals surface area (Å²) >= 11 is 0. The molecule has 1 amide bonds. The van der Waals surface area contributed by atoms with Gasteiger partial charge in [0.2, 0.25) is 5.91 Å². The van der Waals surface area contributed by atoms with Gasteiger partial charge in [-0.25, -0.2) is 0 Å². The summed E-state index contributed by atoms with van der Waals surface area (Å²) in [7, 11) is 2.23. The highest BCUT2D eigenvalue weighted by Crippen LogP contribution is 2.31. The molecular formula is C17H31N3O. The predicted octanol–water partition coefficient (Wildman–Crippen LogP) is 1.95. The molecule has 3 fully saturated rings. The summed E-state index contributed by atoms with van der Waals surface area (Å²) in [6.07, 6.45) is 8.51. The van der Waals surface area contributed by atoms with Crippen LogP contribution in [0.2, 0.25) is 0 Å². The first-order valence-electron chi connectivity index (χ1n) is 8.97. The quantitative estimate of drug-likeness (QED) is 0.796. The van der Waals surface area contributed by atoms with Crippen LogP contribution in [-0.4, -0.2) is 72.0 Å². The van der Waals surface area contributed by atoms with E-state index < -0.39 is 0 Å². The topological polar surface area (TPSA) is 26.8 Å². The lowest BCUT2D eigenvalue weighted by atomic mass is 9.98. The van der Waals surface area contributed by atoms with E-state index in [1.807, 2.05) is 0 Å². The number of rotatable bonds is 3. The number of nitrogens with zero attached hydrogens (tertiary/aromatic N) is 3. The van der Waals surface area contributed by atoms with Crippen LogP contribution in [0.4, 0.5) is 0 Å². The monoisotopic (exact) mass is 293 g/mol. The van der Waals surface area contributed by atoms with Crippen molar-refractivity contribution in [3.05, 3.63) is 0 Å². The van der Waals surface area contributed by atoms with E-state index in [1.165, 1.54) is 45.1 Å². The first-order chi connectivity index (χ1) is 10.2. The number of amides is 1. The SMILES string of the molecule is CCN1CCCC[C@@H]1C(=O)N1CCC[C@H]1[C@H]1CCCN1C. The molecule has 0 N–H and O–H groups in total. The summed E-state index contributed by atoms with van der Waals surface area (Å²) < 4.78 is 0. The Morgan fingerprint density at radius 1 is 0.952 bits per heavy atom. The summed E-state index contributed by atoms with van der Waals surface area (Å²) in [5, 5.41) is 0. The third-order valence-electron chi connectivity index (χ3n) is 5.91. The Morgan fingerprint density at radius 2 is 1.71 bits per heavy atom. The minimum Gasteiger partial charge on any atom is -0.337 e. The van der Waals surface area contributed by atoms with Crippen molar-refractivity contribution in [2.24, 2.45) is 0 Å². The molecule has 0 spiro atoms. The molecule has 3 atom stereocenters. The van der Waals surface area contributed by atoms with Gasteiger partial charge in [0.1, 0.15) is 0 Å². The van der Waals surface area contributed by atoms with E-state index in [2.05, 4.69) is 28.7 Å². The van der Waals surface area contributed by atoms with Crippen molar-refractivity contribution in [1.82, 2.24) is 14.7 Å². The first kappa shape index (κ1) is 15.3. The molecule has 3 heterocycles. The van der Waals surface area contributed by atoms with Gasteiger partial charge in [0.25, 0.3) is 0 Å². The number of likely N-dealkylation sites (tertiary alicyclic amines) is 3. The molecule has 0 aromatic rings. The van der Waals surface area contributed by atoms with Crippen molar-refractivity contribution < 1.29 is 4.79 Å². The highest BCUT2D eigenvalue weighted by Gasteiger charge is 2.41. The van der Waals surface area contributed by atoms with E-state index in [0.717, 1.165) is 26.1 Å². The Morgan fingerprint density at radius 3 is 2.43 bits per heavy atom. The van der Waals surface area contributed by atoms with Crippen LogP contribution in [0.3, 0.4) is 0 Å². The summed E-state index contributed by atoms with van der Waals surface area (Å²) in [4.78, 5) is 20.2. The minimum atomic E-state index is 0.163. The second-order valence-corrected chi connectivity index (χ2v) is 7.07. The summed E-state index contributed by atoms with van der Waals surface area (Å²) in [5.74, 6) is 0.430. The zero-order valence-corrected chi connectivity index (χ0v) is 13.8. The Kier molecular flexibility index (Phi) is 4.85. The summed E-state index contributed by atoms with van der Waals surface area (Å²) in [5.41, 5.74) is 0. The fourth-order valence-corrected chi connectivity index (χ4v) is 4.73. The van der Waals surface area contributed by atoms with Gasteiger partial charge < -0.3 is 9.80 Å². The standard InChI is InChI=1S/C17H31N3O/c1-3-19-12-5-4-8-16(19)17(21)20-13-7-10-15(20)14-9-6-11-18(14)2/h14-16H,3-13H2,1-2H3/t14-,15+,16-/m1/s1. The largest absolute Gasteiger partial charge is 0.337 e. The second kappa shape index (κ2) is 6.66. The third-order valence-corrected chi connectivity index (χ3v) is 5.91. The van der Waals surface area contributed by atoms with Gasteiger partial charge in [0.05, 0.1) is 6.04 Å². The maximum atomic E-state index is 13.1. The van der Waals surface area contributed by atoms with Crippen molar-refractivity contribution in [2.75, 3.05) is 33.2 Å². The van der Waals surface area contributed by atoms with E-state index >= 15 is 0 Å². The van der Waals surface area contributed by atoms with Crippen LogP contribution in [0.1, 0.15) is 51.9 Å². The molecule has 3 rings (SSSR count). The molecule has 3 saturated heterocycles. The van der Waals surface area contributed by atoms with Crippen LogP contribution in [0.25, 0.3) is 0 Å². The maximum absolute atomic E-state index is 13.1. The van der Waals surface area contributed by atoms with Crippen molar-refractivity contribution >= 4 is 5.91 Å². The van der Waals surface area contributed by atoms with E-state index in [1.54, 1.807) is 0 Å². The highest BCUT2D eigenvalue weighted by molar-refractivity contribution is 5.82. The average molecular weight is 293 g/mol. The minimum absolute atomic E-state index is 0.163. The van der Waals surface area contributed by atoms with Crippen molar-refractivity contribution in [3.63, 3.8) is 0 Å². The van der Waals surface area contributed by atoms with Crippen LogP contribution in [0.15, 0.2) is 0 Å². The number of carbonyl (C=O) groups is 1. The van der Waals surface area contributed by atoms with Gasteiger partial charge in [0, 0.05) is 18.6 Å². The van der Waals surface area contributed by atoms with Gasteiger partial charge in [-0.05, 0) is 65.2 Å². The molecule has 0 saturated carbocycles. The Labute approximate surface area is 129 Å². The highest BCUT2D eigenvalue weighted by atomic mass is 16.2. The molecule has 0 aromatic carbocycles. The van der Waals surface area contributed by atoms with Crippen LogP contribution in [0.5, 0.6) is 0 Å². The number of hydrogen-bond donors (Lipinski definition) is 0. The summed E-state index contributed by atoms with van der Waals surface area (Å²) in [6, 6.07) is 1.25. The average Bonchev–Trinajstić information content (AvgIpc) is 3.14. The molecule has 0 bridgehead atoms. The molecule has 0 unspecified atom stereocenters. The van der Waals surface area contributed by atoms with Crippen LogP contribution < -0.4 is 0 Å². The Bertz CT molecular complexity index is 373.